The van der Waals surface area contributed by atoms with Crippen LogP contribution >= 0.6 is 0 Å². The minimum absolute atomic E-state index is 0.251. The van der Waals surface area contributed by atoms with E-state index >= 15 is 0 Å². The van der Waals surface area contributed by atoms with E-state index in [9.17, 15) is 9.59 Å². The van der Waals surface area contributed by atoms with Gasteiger partial charge in [0.05, 0.1) is 0 Å². The van der Waals surface area contributed by atoms with Gasteiger partial charge in [-0.1, -0.05) is 0 Å². The molecular formula is C8H16O9. The molecule has 102 valence electrons. The third-order valence-electron chi connectivity index (χ3n) is 1.10. The van der Waals surface area contributed by atoms with Crippen LogP contribution in [0.25, 0.3) is 0 Å². The van der Waals surface area contributed by atoms with Crippen molar-refractivity contribution in [1.29, 1.82) is 0 Å². The second-order valence-electron chi connectivity index (χ2n) is 2.29. The number of carbonyl (C=O) groups is 2. The molecule has 0 amide bonds. The van der Waals surface area contributed by atoms with E-state index in [1.807, 2.05) is 0 Å². The largest absolute Gasteiger partial charge is 0.510 e. The summed E-state index contributed by atoms with van der Waals surface area (Å²) >= 11 is 0. The van der Waals surface area contributed by atoms with E-state index in [1.54, 1.807) is 0 Å². The highest BCUT2D eigenvalue weighted by molar-refractivity contribution is 5.60. The van der Waals surface area contributed by atoms with Crippen LogP contribution in [-0.4, -0.2) is 61.0 Å². The van der Waals surface area contributed by atoms with Crippen LogP contribution in [0.4, 0.5) is 9.59 Å². The van der Waals surface area contributed by atoms with Crippen molar-refractivity contribution in [1.82, 2.24) is 0 Å². The van der Waals surface area contributed by atoms with Crippen LogP contribution in [0.5, 0.6) is 0 Å². The van der Waals surface area contributed by atoms with Gasteiger partial charge in [-0.05, 0) is 6.92 Å². The van der Waals surface area contributed by atoms with Crippen molar-refractivity contribution in [2.45, 2.75) is 13.0 Å². The summed E-state index contributed by atoms with van der Waals surface area (Å²) in [4.78, 5) is 21.2. The first kappa shape index (κ1) is 17.8. The number of ether oxygens (including phenoxy) is 4. The molecule has 0 heterocycles. The van der Waals surface area contributed by atoms with Crippen molar-refractivity contribution in [3.05, 3.63) is 0 Å². The molecule has 3 N–H and O–H groups in total. The van der Waals surface area contributed by atoms with Gasteiger partial charge < -0.3 is 34.3 Å². The fourth-order valence-electron chi connectivity index (χ4n) is 0.565. The highest BCUT2D eigenvalue weighted by Crippen LogP contribution is 1.96. The van der Waals surface area contributed by atoms with Crippen LogP contribution in [0.2, 0.25) is 0 Å². The fourth-order valence-corrected chi connectivity index (χ4v) is 0.565. The predicted molar refractivity (Wildman–Crippen MR) is 51.8 cm³/mol. The Kier molecular flexibility index (Phi) is 13.1. The molecule has 1 atom stereocenters. The van der Waals surface area contributed by atoms with Gasteiger partial charge in [-0.3, -0.25) is 0 Å². The van der Waals surface area contributed by atoms with Crippen molar-refractivity contribution in [3.63, 3.8) is 0 Å². The monoisotopic (exact) mass is 256 g/mol. The molecule has 0 radical (unpaired) electrons. The molecule has 17 heavy (non-hydrogen) atoms. The Hall–Kier alpha value is -1.58. The number of carbonyl (C=O) groups excluding carboxylic acids is 2. The molecule has 0 saturated carbocycles. The van der Waals surface area contributed by atoms with E-state index in [4.69, 9.17) is 15.3 Å². The zero-order valence-corrected chi connectivity index (χ0v) is 9.49. The summed E-state index contributed by atoms with van der Waals surface area (Å²) in [6, 6.07) is 0. The Labute approximate surface area is 97.5 Å². The van der Waals surface area contributed by atoms with E-state index in [0.717, 1.165) is 7.11 Å². The van der Waals surface area contributed by atoms with Crippen molar-refractivity contribution in [3.8, 4) is 0 Å². The third kappa shape index (κ3) is 12.4. The molecule has 0 aliphatic heterocycles. The summed E-state index contributed by atoms with van der Waals surface area (Å²) < 4.78 is 17.0. The number of aliphatic hydroxyl groups is 3. The average Bonchev–Trinajstić information content (AvgIpc) is 2.30. The maximum atomic E-state index is 10.6. The molecular weight excluding hydrogens is 240 g/mol. The molecule has 1 unspecified atom stereocenters. The zero-order chi connectivity index (χ0) is 13.7. The summed E-state index contributed by atoms with van der Waals surface area (Å²) in [5.41, 5.74) is 0. The lowest BCUT2D eigenvalue weighted by Gasteiger charge is -2.12. The van der Waals surface area contributed by atoms with Crippen molar-refractivity contribution in [2.75, 3.05) is 27.3 Å². The number of aliphatic hydroxyl groups excluding tert-OH is 3. The number of rotatable bonds is 5. The van der Waals surface area contributed by atoms with Crippen LogP contribution < -0.4 is 0 Å². The van der Waals surface area contributed by atoms with Gasteiger partial charge in [0.1, 0.15) is 12.7 Å². The predicted octanol–water partition coefficient (Wildman–Crippen LogP) is -0.811. The topological polar surface area (TPSA) is 132 Å². The van der Waals surface area contributed by atoms with Crippen LogP contribution in [0.3, 0.4) is 0 Å². The summed E-state index contributed by atoms with van der Waals surface area (Å²) in [5, 5.41) is 23.3. The first-order valence-electron chi connectivity index (χ1n) is 4.39. The molecule has 0 aliphatic carbocycles. The summed E-state index contributed by atoms with van der Waals surface area (Å²) in [5.74, 6) is 0. The van der Waals surface area contributed by atoms with Crippen molar-refractivity contribution < 1.29 is 43.9 Å². The average molecular weight is 256 g/mol. The maximum Gasteiger partial charge on any atom is 0.510 e. The fraction of sp³-hybridized carbons (Fsp3) is 0.750. The third-order valence-corrected chi connectivity index (χ3v) is 1.10. The first-order chi connectivity index (χ1) is 8.10. The van der Waals surface area contributed by atoms with Gasteiger partial charge in [-0.25, -0.2) is 9.59 Å². The lowest BCUT2D eigenvalue weighted by molar-refractivity contribution is -0.0469. The molecule has 0 bridgehead atoms. The molecule has 0 aromatic rings. The van der Waals surface area contributed by atoms with Gasteiger partial charge in [-0.2, -0.15) is 0 Å². The molecule has 9 nitrogen and oxygen atoms in total. The molecule has 0 aromatic carbocycles. The number of hydrogen-bond donors (Lipinski definition) is 3. The van der Waals surface area contributed by atoms with E-state index in [0.29, 0.717) is 0 Å². The number of hydrogen-bond acceptors (Lipinski definition) is 9. The smallest absolute Gasteiger partial charge is 0.430 e. The van der Waals surface area contributed by atoms with Crippen LogP contribution in [0.15, 0.2) is 0 Å². The maximum absolute atomic E-state index is 10.6. The Morgan fingerprint density at radius 3 is 1.94 bits per heavy atom. The Bertz CT molecular complexity index is 205. The second kappa shape index (κ2) is 12.5. The van der Waals surface area contributed by atoms with Gasteiger partial charge in [0.2, 0.25) is 0 Å². The highest BCUT2D eigenvalue weighted by Gasteiger charge is 2.13. The van der Waals surface area contributed by atoms with Crippen molar-refractivity contribution >= 4 is 12.3 Å². The first-order valence-corrected chi connectivity index (χ1v) is 4.39. The van der Waals surface area contributed by atoms with Gasteiger partial charge >= 0.3 is 12.3 Å². The molecule has 0 saturated heterocycles. The molecule has 0 spiro atoms. The zero-order valence-electron chi connectivity index (χ0n) is 9.49. The quantitative estimate of drug-likeness (QED) is 0.426. The second-order valence-corrected chi connectivity index (χ2v) is 2.29. The summed E-state index contributed by atoms with van der Waals surface area (Å²) in [6.07, 6.45) is -2.91. The van der Waals surface area contributed by atoms with E-state index in [1.165, 1.54) is 6.92 Å². The summed E-state index contributed by atoms with van der Waals surface area (Å²) in [6.45, 7) is -0.399. The highest BCUT2D eigenvalue weighted by atomic mass is 16.8. The molecule has 0 aliphatic rings. The van der Waals surface area contributed by atoms with Crippen molar-refractivity contribution in [2.24, 2.45) is 0 Å². The van der Waals surface area contributed by atoms with Gasteiger partial charge in [-0.15, -0.1) is 0 Å². The standard InChI is InChI=1S/C7H12O8.CH4O/c1-5(15-7(11)14-4-9)2-12-6(10)13-3-8;1-2/h5,8-9H,2-4H2,1H3;2H,1H3. The van der Waals surface area contributed by atoms with Gasteiger partial charge in [0.15, 0.2) is 13.6 Å². The SMILES string of the molecule is CC(COC(=O)OCO)OC(=O)OCO.CO. The van der Waals surface area contributed by atoms with Gasteiger partial charge in [0, 0.05) is 7.11 Å². The normalized spacial score (nSPS) is 10.4. The van der Waals surface area contributed by atoms with E-state index < -0.39 is 32.0 Å². The molecule has 9 heteroatoms. The Morgan fingerprint density at radius 2 is 1.47 bits per heavy atom. The lowest BCUT2D eigenvalue weighted by Crippen LogP contribution is -2.23. The van der Waals surface area contributed by atoms with Crippen LogP contribution in [0, 0.1) is 0 Å². The lowest BCUT2D eigenvalue weighted by atomic mass is 10.4. The minimum Gasteiger partial charge on any atom is -0.430 e. The van der Waals surface area contributed by atoms with Gasteiger partial charge in [0.25, 0.3) is 0 Å². The van der Waals surface area contributed by atoms with E-state index in [-0.39, 0.29) is 6.61 Å². The van der Waals surface area contributed by atoms with E-state index in [2.05, 4.69) is 18.9 Å². The van der Waals surface area contributed by atoms with Crippen LogP contribution in [0.1, 0.15) is 6.92 Å². The Balaban J connectivity index is 0. The molecule has 0 rings (SSSR count). The molecule has 0 aromatic heterocycles. The molecule has 0 fully saturated rings. The Morgan fingerprint density at radius 1 is 1.00 bits per heavy atom. The van der Waals surface area contributed by atoms with Crippen LogP contribution in [-0.2, 0) is 18.9 Å². The summed E-state index contributed by atoms with van der Waals surface area (Å²) in [7, 11) is 1.00. The minimum atomic E-state index is -1.08.